The van der Waals surface area contributed by atoms with Gasteiger partial charge in [0.25, 0.3) is 0 Å². The fraction of sp³-hybridized carbons (Fsp3) is 0.522. The van der Waals surface area contributed by atoms with E-state index in [0.717, 1.165) is 11.8 Å². The molecule has 1 aromatic heterocycles. The number of carbonyl (C=O) groups excluding carboxylic acids is 2. The minimum atomic E-state index is -0.922. The van der Waals surface area contributed by atoms with Gasteiger partial charge in [0.05, 0.1) is 11.4 Å². The van der Waals surface area contributed by atoms with E-state index in [1.807, 2.05) is 25.7 Å². The topological polar surface area (TPSA) is 66.0 Å². The molecule has 1 aromatic carbocycles. The molecule has 0 aliphatic carbocycles. The molecule has 0 N–H and O–H groups in total. The molecular weight excluding hydrogens is 418 g/mol. The lowest BCUT2D eigenvalue weighted by molar-refractivity contribution is -0.135. The summed E-state index contributed by atoms with van der Waals surface area (Å²) in [5, 5.41) is 0.551. The second kappa shape index (κ2) is 8.52. The number of fused-ring (bicyclic) bond motifs is 1. The molecule has 0 unspecified atom stereocenters. The van der Waals surface area contributed by atoms with E-state index < -0.39 is 17.2 Å². The largest absolute Gasteiger partial charge is 0.444 e. The van der Waals surface area contributed by atoms with Crippen molar-refractivity contribution >= 4 is 28.6 Å². The van der Waals surface area contributed by atoms with Gasteiger partial charge in [-0.2, -0.15) is 0 Å². The van der Waals surface area contributed by atoms with Gasteiger partial charge in [0.15, 0.2) is 11.6 Å². The second-order valence-electron chi connectivity index (χ2n) is 9.34. The summed E-state index contributed by atoms with van der Waals surface area (Å²) in [5.41, 5.74) is 0.604. The predicted molar refractivity (Wildman–Crippen MR) is 116 cm³/mol. The summed E-state index contributed by atoms with van der Waals surface area (Å²) in [6, 6.07) is 4.06. The fourth-order valence-electron chi connectivity index (χ4n) is 4.28. The Kier molecular flexibility index (Phi) is 5.92. The van der Waals surface area contributed by atoms with Crippen molar-refractivity contribution in [3.63, 3.8) is 0 Å². The highest BCUT2D eigenvalue weighted by Gasteiger charge is 2.36. The molecule has 3 heterocycles. The van der Waals surface area contributed by atoms with Crippen LogP contribution in [0.3, 0.4) is 0 Å². The monoisotopic (exact) mass is 446 g/mol. The van der Waals surface area contributed by atoms with Crippen molar-refractivity contribution in [2.24, 2.45) is 5.92 Å². The van der Waals surface area contributed by atoms with Gasteiger partial charge >= 0.3 is 6.09 Å². The predicted octanol–water partition coefficient (Wildman–Crippen LogP) is 3.42. The summed E-state index contributed by atoms with van der Waals surface area (Å²) in [4.78, 5) is 34.9. The van der Waals surface area contributed by atoms with Crippen molar-refractivity contribution < 1.29 is 23.1 Å². The number of amides is 2. The molecule has 9 heteroatoms. The van der Waals surface area contributed by atoms with Crippen LogP contribution in [0.15, 0.2) is 24.4 Å². The number of hydrogen-bond donors (Lipinski definition) is 0. The molecule has 2 saturated heterocycles. The van der Waals surface area contributed by atoms with Gasteiger partial charge in [-0.15, -0.1) is 0 Å². The molecule has 0 spiro atoms. The Bertz CT molecular complexity index is 1030. The first kappa shape index (κ1) is 22.2. The third-order valence-corrected chi connectivity index (χ3v) is 5.88. The molecular formula is C23H28F2N4O3. The van der Waals surface area contributed by atoms with Crippen LogP contribution in [0, 0.1) is 17.6 Å². The van der Waals surface area contributed by atoms with Crippen LogP contribution in [0.2, 0.25) is 0 Å². The number of carbonyl (C=O) groups is 2. The third-order valence-electron chi connectivity index (χ3n) is 5.88. The lowest BCUT2D eigenvalue weighted by Gasteiger charge is -2.37. The first-order chi connectivity index (χ1) is 15.1. The van der Waals surface area contributed by atoms with Crippen molar-refractivity contribution in [1.82, 2.24) is 14.8 Å². The quantitative estimate of drug-likeness (QED) is 0.707. The molecule has 172 valence electrons. The molecule has 0 bridgehead atoms. The molecule has 2 fully saturated rings. The zero-order chi connectivity index (χ0) is 23.0. The number of hydrogen-bond acceptors (Lipinski definition) is 5. The summed E-state index contributed by atoms with van der Waals surface area (Å²) in [6.45, 7) is 8.54. The van der Waals surface area contributed by atoms with Crippen molar-refractivity contribution in [1.29, 1.82) is 0 Å². The maximum atomic E-state index is 13.8. The van der Waals surface area contributed by atoms with Crippen LogP contribution in [0.5, 0.6) is 0 Å². The first-order valence-electron chi connectivity index (χ1n) is 10.9. The first-order valence-corrected chi connectivity index (χ1v) is 10.9. The Morgan fingerprint density at radius 2 is 1.72 bits per heavy atom. The average molecular weight is 446 g/mol. The van der Waals surface area contributed by atoms with Crippen LogP contribution >= 0.6 is 0 Å². The lowest BCUT2D eigenvalue weighted by Crippen LogP contribution is -2.51. The molecule has 0 radical (unpaired) electrons. The van der Waals surface area contributed by atoms with E-state index in [4.69, 9.17) is 4.74 Å². The molecule has 2 amide bonds. The van der Waals surface area contributed by atoms with Crippen LogP contribution in [0.1, 0.15) is 27.2 Å². The van der Waals surface area contributed by atoms with Gasteiger partial charge < -0.3 is 19.4 Å². The summed E-state index contributed by atoms with van der Waals surface area (Å²) in [7, 11) is 0. The highest BCUT2D eigenvalue weighted by Crippen LogP contribution is 2.29. The molecule has 2 aromatic rings. The zero-order valence-corrected chi connectivity index (χ0v) is 18.6. The number of rotatable bonds is 2. The van der Waals surface area contributed by atoms with E-state index in [1.165, 1.54) is 6.07 Å². The molecule has 2 aliphatic heterocycles. The highest BCUT2D eigenvalue weighted by atomic mass is 19.2. The number of halogens is 2. The molecule has 0 saturated carbocycles. The van der Waals surface area contributed by atoms with Gasteiger partial charge in [-0.25, -0.2) is 13.6 Å². The standard InChI is InChI=1S/C23H28F2N4O3/c1-23(2,3)32-22(31)29-7-5-15(14-29)21(30)28-10-8-27(9-11-28)20-4-6-26-19-13-18(25)17(24)12-16(19)20/h4,6,12-13,15H,5,7-11,14H2,1-3H3/t15-/m0/s1. The Morgan fingerprint density at radius 3 is 2.41 bits per heavy atom. The summed E-state index contributed by atoms with van der Waals surface area (Å²) < 4.78 is 32.8. The van der Waals surface area contributed by atoms with Crippen LogP contribution < -0.4 is 4.90 Å². The van der Waals surface area contributed by atoms with E-state index in [-0.39, 0.29) is 17.9 Å². The number of nitrogens with zero attached hydrogens (tertiary/aromatic N) is 4. The van der Waals surface area contributed by atoms with E-state index in [9.17, 15) is 18.4 Å². The number of likely N-dealkylation sites (tertiary alicyclic amines) is 1. The molecule has 7 nitrogen and oxygen atoms in total. The summed E-state index contributed by atoms with van der Waals surface area (Å²) in [6.07, 6.45) is 1.82. The van der Waals surface area contributed by atoms with Gasteiger partial charge in [-0.05, 0) is 39.3 Å². The lowest BCUT2D eigenvalue weighted by atomic mass is 10.1. The van der Waals surface area contributed by atoms with Crippen molar-refractivity contribution in [3.05, 3.63) is 36.0 Å². The van der Waals surface area contributed by atoms with Gasteiger partial charge in [0, 0.05) is 62.6 Å². The van der Waals surface area contributed by atoms with Crippen LogP contribution in [0.25, 0.3) is 10.9 Å². The van der Waals surface area contributed by atoms with E-state index in [2.05, 4.69) is 9.88 Å². The van der Waals surface area contributed by atoms with Crippen LogP contribution in [-0.2, 0) is 9.53 Å². The maximum absolute atomic E-state index is 13.8. The molecule has 4 rings (SSSR count). The summed E-state index contributed by atoms with van der Waals surface area (Å²) >= 11 is 0. The number of pyridine rings is 1. The molecule has 32 heavy (non-hydrogen) atoms. The fourth-order valence-corrected chi connectivity index (χ4v) is 4.28. The third kappa shape index (κ3) is 4.61. The van der Waals surface area contributed by atoms with Crippen LogP contribution in [-0.4, -0.2) is 71.7 Å². The number of aromatic nitrogens is 1. The zero-order valence-electron chi connectivity index (χ0n) is 18.6. The van der Waals surface area contributed by atoms with Crippen molar-refractivity contribution in [2.75, 3.05) is 44.2 Å². The Morgan fingerprint density at radius 1 is 1.03 bits per heavy atom. The van der Waals surface area contributed by atoms with Crippen LogP contribution in [0.4, 0.5) is 19.3 Å². The molecule has 1 atom stereocenters. The number of piperazine rings is 1. The number of ether oxygens (including phenoxy) is 1. The minimum Gasteiger partial charge on any atom is -0.444 e. The Labute approximate surface area is 185 Å². The van der Waals surface area contributed by atoms with Gasteiger partial charge in [-0.3, -0.25) is 9.78 Å². The maximum Gasteiger partial charge on any atom is 0.410 e. The smallest absolute Gasteiger partial charge is 0.410 e. The van der Waals surface area contributed by atoms with E-state index in [1.54, 1.807) is 17.2 Å². The minimum absolute atomic E-state index is 0.0448. The Balaban J connectivity index is 1.37. The second-order valence-corrected chi connectivity index (χ2v) is 9.34. The number of benzene rings is 1. The highest BCUT2D eigenvalue weighted by molar-refractivity contribution is 5.92. The Hall–Kier alpha value is -2.97. The average Bonchev–Trinajstić information content (AvgIpc) is 3.23. The van der Waals surface area contributed by atoms with Gasteiger partial charge in [0.1, 0.15) is 5.60 Å². The SMILES string of the molecule is CC(C)(C)OC(=O)N1CC[C@H](C(=O)N2CCN(c3ccnc4cc(F)c(F)cc34)CC2)C1. The normalized spacial score (nSPS) is 19.5. The van der Waals surface area contributed by atoms with E-state index >= 15 is 0 Å². The van der Waals surface area contributed by atoms with Crippen molar-refractivity contribution in [3.8, 4) is 0 Å². The number of anilines is 1. The van der Waals surface area contributed by atoms with Crippen molar-refractivity contribution in [2.45, 2.75) is 32.8 Å². The molecule has 2 aliphatic rings. The van der Waals surface area contributed by atoms with Gasteiger partial charge in [0.2, 0.25) is 5.91 Å². The van der Waals surface area contributed by atoms with E-state index in [0.29, 0.717) is 56.6 Å². The summed E-state index contributed by atoms with van der Waals surface area (Å²) in [5.74, 6) is -2.01. The van der Waals surface area contributed by atoms with Gasteiger partial charge in [-0.1, -0.05) is 0 Å².